The van der Waals surface area contributed by atoms with Crippen LogP contribution in [0.5, 0.6) is 0 Å². The van der Waals surface area contributed by atoms with Crippen molar-refractivity contribution < 1.29 is 40.6 Å². The first-order chi connectivity index (χ1) is 8.38. The van der Waals surface area contributed by atoms with Gasteiger partial charge in [0.15, 0.2) is 0 Å². The average molecular weight is 294 g/mol. The molecular weight excluding hydrogens is 285 g/mol. The molecule has 2 aliphatic heterocycles. The molecule has 9 heteroatoms. The van der Waals surface area contributed by atoms with Crippen molar-refractivity contribution in [2.24, 2.45) is 5.92 Å². The average Bonchev–Trinajstić information content (AvgIpc) is 2.69. The van der Waals surface area contributed by atoms with E-state index >= 15 is 0 Å². The van der Waals surface area contributed by atoms with Gasteiger partial charge in [0.2, 0.25) is 5.85 Å². The molecule has 0 spiro atoms. The van der Waals surface area contributed by atoms with Crippen LogP contribution in [0.1, 0.15) is 12.8 Å². The van der Waals surface area contributed by atoms with E-state index in [0.29, 0.717) is 0 Å². The second kappa shape index (κ2) is 3.85. The molecule has 2 nitrogen and oxygen atoms in total. The SMILES string of the molecule is OC(CC1CC2(F)C=CC1O2)(C(F)(F)F)C(F)(F)F. The zero-order chi connectivity index (χ0) is 14.7. The standard InChI is InChI=1S/C10H9F7O2/c11-7-2-1-6(19-7)5(3-7)4-8(18,9(12,13)14)10(15,16)17/h1-2,5-6,18H,3-4H2. The fraction of sp³-hybridized carbons (Fsp3) is 0.800. The van der Waals surface area contributed by atoms with Crippen LogP contribution in [0, 0.1) is 5.92 Å². The van der Waals surface area contributed by atoms with Gasteiger partial charge in [-0.2, -0.15) is 26.3 Å². The van der Waals surface area contributed by atoms with Crippen LogP contribution in [-0.4, -0.2) is 35.0 Å². The summed E-state index contributed by atoms with van der Waals surface area (Å²) in [5, 5.41) is 9.00. The van der Waals surface area contributed by atoms with Crippen LogP contribution in [0.15, 0.2) is 12.2 Å². The first-order valence-corrected chi connectivity index (χ1v) is 5.30. The van der Waals surface area contributed by atoms with Crippen molar-refractivity contribution in [3.63, 3.8) is 0 Å². The van der Waals surface area contributed by atoms with Crippen LogP contribution < -0.4 is 0 Å². The molecule has 0 aliphatic carbocycles. The van der Waals surface area contributed by atoms with Crippen molar-refractivity contribution >= 4 is 0 Å². The highest BCUT2D eigenvalue weighted by Gasteiger charge is 2.71. The largest absolute Gasteiger partial charge is 0.426 e. The number of aliphatic hydroxyl groups is 1. The molecule has 2 heterocycles. The van der Waals surface area contributed by atoms with Crippen LogP contribution in [-0.2, 0) is 4.74 Å². The molecule has 110 valence electrons. The van der Waals surface area contributed by atoms with Crippen molar-refractivity contribution in [2.45, 2.75) is 42.8 Å². The van der Waals surface area contributed by atoms with Gasteiger partial charge < -0.3 is 9.84 Å². The molecule has 0 aromatic carbocycles. The van der Waals surface area contributed by atoms with Gasteiger partial charge in [-0.3, -0.25) is 0 Å². The van der Waals surface area contributed by atoms with Crippen LogP contribution in [0.2, 0.25) is 0 Å². The van der Waals surface area contributed by atoms with Gasteiger partial charge in [0.05, 0.1) is 6.10 Å². The summed E-state index contributed by atoms with van der Waals surface area (Å²) in [4.78, 5) is 0. The number of hydrogen-bond acceptors (Lipinski definition) is 2. The normalized spacial score (nSPS) is 35.2. The molecule has 0 amide bonds. The van der Waals surface area contributed by atoms with Gasteiger partial charge in [0, 0.05) is 12.8 Å². The maximum atomic E-state index is 13.5. The molecule has 3 atom stereocenters. The van der Waals surface area contributed by atoms with Crippen LogP contribution in [0.4, 0.5) is 30.7 Å². The summed E-state index contributed by atoms with van der Waals surface area (Å²) >= 11 is 0. The molecule has 2 aliphatic rings. The Morgan fingerprint density at radius 2 is 1.68 bits per heavy atom. The third-order valence-corrected chi connectivity index (χ3v) is 3.37. The summed E-state index contributed by atoms with van der Waals surface area (Å²) in [6.45, 7) is 0. The lowest BCUT2D eigenvalue weighted by atomic mass is 9.82. The Bertz CT molecular complexity index is 386. The Morgan fingerprint density at radius 3 is 2.00 bits per heavy atom. The Labute approximate surface area is 102 Å². The van der Waals surface area contributed by atoms with E-state index in [9.17, 15) is 30.7 Å². The highest BCUT2D eigenvalue weighted by atomic mass is 19.4. The number of hydrogen-bond donors (Lipinski definition) is 1. The Hall–Kier alpha value is -0.830. The minimum atomic E-state index is -5.89. The number of ether oxygens (including phenoxy) is 1. The minimum Gasteiger partial charge on any atom is -0.374 e. The number of alkyl halides is 7. The Kier molecular flexibility index (Phi) is 2.95. The van der Waals surface area contributed by atoms with Gasteiger partial charge in [0.25, 0.3) is 5.60 Å². The van der Waals surface area contributed by atoms with Crippen molar-refractivity contribution in [3.8, 4) is 0 Å². The lowest BCUT2D eigenvalue weighted by molar-refractivity contribution is -0.373. The second-order valence-electron chi connectivity index (χ2n) is 4.75. The van der Waals surface area contributed by atoms with Crippen molar-refractivity contribution in [1.82, 2.24) is 0 Å². The third-order valence-electron chi connectivity index (χ3n) is 3.37. The van der Waals surface area contributed by atoms with Crippen LogP contribution in [0.3, 0.4) is 0 Å². The molecule has 1 N–H and O–H groups in total. The zero-order valence-electron chi connectivity index (χ0n) is 9.22. The molecule has 1 fully saturated rings. The summed E-state index contributed by atoms with van der Waals surface area (Å²) in [6.07, 6.45) is -13.2. The molecule has 0 radical (unpaired) electrons. The first kappa shape index (κ1) is 14.6. The summed E-state index contributed by atoms with van der Waals surface area (Å²) in [5.41, 5.74) is -4.86. The third kappa shape index (κ3) is 2.22. The van der Waals surface area contributed by atoms with Crippen molar-refractivity contribution in [1.29, 1.82) is 0 Å². The van der Waals surface area contributed by atoms with Crippen molar-refractivity contribution in [3.05, 3.63) is 12.2 Å². The minimum absolute atomic E-state index is 0.636. The molecule has 0 aromatic heterocycles. The second-order valence-corrected chi connectivity index (χ2v) is 4.75. The van der Waals surface area contributed by atoms with E-state index in [2.05, 4.69) is 4.74 Å². The predicted octanol–water partition coefficient (Wildman–Crippen LogP) is 2.87. The maximum absolute atomic E-state index is 13.5. The first-order valence-electron chi connectivity index (χ1n) is 5.30. The molecule has 2 rings (SSSR count). The van der Waals surface area contributed by atoms with Gasteiger partial charge in [-0.25, -0.2) is 4.39 Å². The predicted molar refractivity (Wildman–Crippen MR) is 47.6 cm³/mol. The van der Waals surface area contributed by atoms with Gasteiger partial charge in [0.1, 0.15) is 0 Å². The summed E-state index contributed by atoms with van der Waals surface area (Å²) in [7, 11) is 0. The summed E-state index contributed by atoms with van der Waals surface area (Å²) < 4.78 is 93.0. The molecule has 1 saturated heterocycles. The van der Waals surface area contributed by atoms with Gasteiger partial charge in [-0.15, -0.1) is 0 Å². The molecule has 19 heavy (non-hydrogen) atoms. The van der Waals surface area contributed by atoms with E-state index in [4.69, 9.17) is 5.11 Å². The van der Waals surface area contributed by atoms with Gasteiger partial charge in [-0.1, -0.05) is 6.08 Å². The van der Waals surface area contributed by atoms with E-state index < -0.39 is 48.7 Å². The summed E-state index contributed by atoms with van der Waals surface area (Å²) in [6, 6.07) is 0. The summed E-state index contributed by atoms with van der Waals surface area (Å²) in [5.74, 6) is -3.71. The van der Waals surface area contributed by atoms with Gasteiger partial charge in [-0.05, 0) is 12.0 Å². The Morgan fingerprint density at radius 1 is 1.16 bits per heavy atom. The Balaban J connectivity index is 2.22. The number of fused-ring (bicyclic) bond motifs is 2. The molecular formula is C10H9F7O2. The fourth-order valence-electron chi connectivity index (χ4n) is 2.35. The maximum Gasteiger partial charge on any atom is 0.426 e. The lowest BCUT2D eigenvalue weighted by Gasteiger charge is -2.35. The smallest absolute Gasteiger partial charge is 0.374 e. The molecule has 0 aromatic rings. The topological polar surface area (TPSA) is 29.5 Å². The van der Waals surface area contributed by atoms with E-state index in [1.165, 1.54) is 0 Å². The van der Waals surface area contributed by atoms with Crippen molar-refractivity contribution in [2.75, 3.05) is 0 Å². The van der Waals surface area contributed by atoms with E-state index in [-0.39, 0.29) is 0 Å². The van der Waals surface area contributed by atoms with E-state index in [1.807, 2.05) is 0 Å². The van der Waals surface area contributed by atoms with Gasteiger partial charge >= 0.3 is 12.4 Å². The number of halogens is 7. The van der Waals surface area contributed by atoms with E-state index in [1.54, 1.807) is 0 Å². The number of rotatable bonds is 2. The molecule has 0 saturated carbocycles. The zero-order valence-corrected chi connectivity index (χ0v) is 9.22. The molecule has 3 unspecified atom stereocenters. The van der Waals surface area contributed by atoms with E-state index in [0.717, 1.165) is 12.2 Å². The fourth-order valence-corrected chi connectivity index (χ4v) is 2.35. The highest BCUT2D eigenvalue weighted by molar-refractivity contribution is 5.16. The van der Waals surface area contributed by atoms with Crippen LogP contribution in [0.25, 0.3) is 0 Å². The quantitative estimate of drug-likeness (QED) is 0.627. The molecule has 2 bridgehead atoms. The monoisotopic (exact) mass is 294 g/mol. The van der Waals surface area contributed by atoms with Crippen LogP contribution >= 0.6 is 0 Å². The highest BCUT2D eigenvalue weighted by Crippen LogP contribution is 2.52. The lowest BCUT2D eigenvalue weighted by Crippen LogP contribution is -2.58.